The minimum Gasteiger partial charge on any atom is -0.322 e. The molecule has 5 nitrogen and oxygen atoms in total. The van der Waals surface area contributed by atoms with Gasteiger partial charge in [0.1, 0.15) is 0 Å². The maximum atomic E-state index is 14.0. The van der Waals surface area contributed by atoms with Crippen molar-refractivity contribution in [2.45, 2.75) is 25.2 Å². The zero-order valence-corrected chi connectivity index (χ0v) is 20.9. The number of carbonyl (C=O) groups is 3. The third kappa shape index (κ3) is 3.14. The van der Waals surface area contributed by atoms with Crippen LogP contribution in [0.2, 0.25) is 0 Å². The van der Waals surface area contributed by atoms with E-state index in [2.05, 4.69) is 29.6 Å². The van der Waals surface area contributed by atoms with Gasteiger partial charge in [0.2, 0.25) is 11.8 Å². The van der Waals surface area contributed by atoms with Gasteiger partial charge in [0.05, 0.1) is 17.5 Å². The largest absolute Gasteiger partial charge is 0.322 e. The summed E-state index contributed by atoms with van der Waals surface area (Å²) in [6.45, 7) is 2.04. The van der Waals surface area contributed by atoms with Crippen LogP contribution in [-0.2, 0) is 16.0 Å². The SMILES string of the molecule is CCc1ccccc1NC(=O)c1cccc(N2C(=O)[C@H]3C4c5ccccc5C(c5ccccc54)[C@@H]3C2=O)c1. The fourth-order valence-corrected chi connectivity index (χ4v) is 6.86. The summed E-state index contributed by atoms with van der Waals surface area (Å²) >= 11 is 0. The number of benzene rings is 4. The van der Waals surface area contributed by atoms with Gasteiger partial charge in [0, 0.05) is 23.1 Å². The van der Waals surface area contributed by atoms with Crippen molar-refractivity contribution < 1.29 is 14.4 Å². The molecule has 4 aromatic carbocycles. The van der Waals surface area contributed by atoms with Crippen LogP contribution in [0.25, 0.3) is 0 Å². The molecule has 1 heterocycles. The molecule has 1 N–H and O–H groups in total. The minimum absolute atomic E-state index is 0.157. The molecule has 38 heavy (non-hydrogen) atoms. The van der Waals surface area contributed by atoms with Gasteiger partial charge in [-0.15, -0.1) is 0 Å². The summed E-state index contributed by atoms with van der Waals surface area (Å²) in [5, 5.41) is 2.99. The van der Waals surface area contributed by atoms with Crippen LogP contribution in [0.1, 0.15) is 56.9 Å². The van der Waals surface area contributed by atoms with E-state index in [1.165, 1.54) is 4.90 Å². The van der Waals surface area contributed by atoms with E-state index in [-0.39, 0.29) is 29.6 Å². The number of para-hydroxylation sites is 1. The van der Waals surface area contributed by atoms with Gasteiger partial charge < -0.3 is 5.32 Å². The third-order valence-corrected chi connectivity index (χ3v) is 8.46. The molecule has 3 aliphatic carbocycles. The molecule has 186 valence electrons. The molecule has 2 bridgehead atoms. The highest BCUT2D eigenvalue weighted by Crippen LogP contribution is 2.61. The standard InChI is InChI=1S/C33H26N2O3/c1-2-19-10-3-8-17-26(19)34-31(36)20-11-9-12-21(18-20)35-32(37)29-27-22-13-4-5-14-23(22)28(30(29)33(35)38)25-16-7-6-15-24(25)27/h3-18,27-30H,2H2,1H3,(H,34,36)/t27?,28?,29-,30-/m0/s1. The lowest BCUT2D eigenvalue weighted by atomic mass is 9.55. The first kappa shape index (κ1) is 22.7. The Morgan fingerprint density at radius 1 is 0.711 bits per heavy atom. The lowest BCUT2D eigenvalue weighted by Crippen LogP contribution is -2.41. The maximum absolute atomic E-state index is 14.0. The number of anilines is 2. The van der Waals surface area contributed by atoms with Crippen molar-refractivity contribution in [3.63, 3.8) is 0 Å². The van der Waals surface area contributed by atoms with E-state index in [0.29, 0.717) is 11.3 Å². The van der Waals surface area contributed by atoms with Gasteiger partial charge in [-0.25, -0.2) is 4.90 Å². The molecule has 5 heteroatoms. The predicted octanol–water partition coefficient (Wildman–Crippen LogP) is 5.90. The fraction of sp³-hybridized carbons (Fsp3) is 0.182. The van der Waals surface area contributed by atoms with E-state index < -0.39 is 11.8 Å². The molecule has 4 aromatic rings. The van der Waals surface area contributed by atoms with Gasteiger partial charge in [0.15, 0.2) is 0 Å². The molecule has 0 radical (unpaired) electrons. The molecule has 0 aromatic heterocycles. The number of carbonyl (C=O) groups excluding carboxylic acids is 3. The Hall–Kier alpha value is -4.51. The first-order chi connectivity index (χ1) is 18.6. The Balaban J connectivity index is 1.26. The summed E-state index contributed by atoms with van der Waals surface area (Å²) in [5.41, 5.74) is 7.21. The van der Waals surface area contributed by atoms with E-state index in [9.17, 15) is 14.4 Å². The Bertz CT molecular complexity index is 1530. The van der Waals surface area contributed by atoms with Crippen LogP contribution < -0.4 is 10.2 Å². The van der Waals surface area contributed by atoms with Gasteiger partial charge in [-0.3, -0.25) is 14.4 Å². The molecular formula is C33H26N2O3. The molecule has 0 saturated carbocycles. The van der Waals surface area contributed by atoms with E-state index in [1.807, 2.05) is 55.5 Å². The molecule has 1 fully saturated rings. The minimum atomic E-state index is -0.453. The van der Waals surface area contributed by atoms with Crippen LogP contribution in [0, 0.1) is 11.8 Å². The van der Waals surface area contributed by atoms with Crippen LogP contribution >= 0.6 is 0 Å². The van der Waals surface area contributed by atoms with Crippen molar-refractivity contribution in [3.05, 3.63) is 130 Å². The van der Waals surface area contributed by atoms with Crippen molar-refractivity contribution in [1.29, 1.82) is 0 Å². The second-order valence-electron chi connectivity index (χ2n) is 10.3. The first-order valence-electron chi connectivity index (χ1n) is 13.1. The second-order valence-corrected chi connectivity index (χ2v) is 10.3. The van der Waals surface area contributed by atoms with E-state index in [4.69, 9.17) is 0 Å². The molecule has 2 atom stereocenters. The topological polar surface area (TPSA) is 66.5 Å². The zero-order chi connectivity index (χ0) is 26.0. The molecule has 1 aliphatic heterocycles. The van der Waals surface area contributed by atoms with Crippen LogP contribution in [0.5, 0.6) is 0 Å². The monoisotopic (exact) mass is 498 g/mol. The van der Waals surface area contributed by atoms with Gasteiger partial charge in [-0.2, -0.15) is 0 Å². The lowest BCUT2D eigenvalue weighted by Gasteiger charge is -2.45. The average molecular weight is 499 g/mol. The lowest BCUT2D eigenvalue weighted by molar-refractivity contribution is -0.122. The molecule has 4 aliphatic rings. The van der Waals surface area contributed by atoms with Crippen LogP contribution in [0.4, 0.5) is 11.4 Å². The van der Waals surface area contributed by atoms with E-state index in [0.717, 1.165) is 39.9 Å². The summed E-state index contributed by atoms with van der Waals surface area (Å²) in [6.07, 6.45) is 0.795. The molecular weight excluding hydrogens is 472 g/mol. The Labute approximate surface area is 221 Å². The quantitative estimate of drug-likeness (QED) is 0.357. The first-order valence-corrected chi connectivity index (χ1v) is 13.1. The highest BCUT2D eigenvalue weighted by Gasteiger charge is 2.61. The maximum Gasteiger partial charge on any atom is 0.255 e. The normalized spacial score (nSPS) is 22.6. The number of aryl methyl sites for hydroxylation is 1. The van der Waals surface area contributed by atoms with Crippen LogP contribution in [-0.4, -0.2) is 17.7 Å². The molecule has 1 saturated heterocycles. The van der Waals surface area contributed by atoms with Crippen molar-refractivity contribution in [1.82, 2.24) is 0 Å². The third-order valence-electron chi connectivity index (χ3n) is 8.46. The van der Waals surface area contributed by atoms with Crippen molar-refractivity contribution >= 4 is 29.1 Å². The van der Waals surface area contributed by atoms with E-state index >= 15 is 0 Å². The number of nitrogens with zero attached hydrogens (tertiary/aromatic N) is 1. The number of hydrogen-bond acceptors (Lipinski definition) is 3. The van der Waals surface area contributed by atoms with Crippen molar-refractivity contribution in [2.75, 3.05) is 10.2 Å². The Kier molecular flexibility index (Phi) is 5.08. The fourth-order valence-electron chi connectivity index (χ4n) is 6.86. The Morgan fingerprint density at radius 3 is 1.79 bits per heavy atom. The summed E-state index contributed by atoms with van der Waals surface area (Å²) in [6, 6.07) is 31.0. The number of amides is 3. The molecule has 3 amide bonds. The predicted molar refractivity (Wildman–Crippen MR) is 146 cm³/mol. The molecule has 0 spiro atoms. The summed E-state index contributed by atoms with van der Waals surface area (Å²) in [7, 11) is 0. The molecule has 0 unspecified atom stereocenters. The molecule has 8 rings (SSSR count). The Morgan fingerprint density at radius 2 is 1.24 bits per heavy atom. The smallest absolute Gasteiger partial charge is 0.255 e. The highest BCUT2D eigenvalue weighted by atomic mass is 16.2. The van der Waals surface area contributed by atoms with Gasteiger partial charge in [0.25, 0.3) is 5.91 Å². The number of rotatable bonds is 4. The number of imide groups is 1. The average Bonchev–Trinajstić information content (AvgIpc) is 3.23. The van der Waals surface area contributed by atoms with E-state index in [1.54, 1.807) is 24.3 Å². The van der Waals surface area contributed by atoms with Crippen LogP contribution in [0.15, 0.2) is 97.1 Å². The van der Waals surface area contributed by atoms with Crippen molar-refractivity contribution in [2.24, 2.45) is 11.8 Å². The van der Waals surface area contributed by atoms with Crippen molar-refractivity contribution in [3.8, 4) is 0 Å². The second kappa shape index (κ2) is 8.52. The van der Waals surface area contributed by atoms with Crippen LogP contribution in [0.3, 0.4) is 0 Å². The number of hydrogen-bond donors (Lipinski definition) is 1. The summed E-state index contributed by atoms with van der Waals surface area (Å²) in [4.78, 5) is 42.5. The van der Waals surface area contributed by atoms with Gasteiger partial charge >= 0.3 is 0 Å². The van der Waals surface area contributed by atoms with Gasteiger partial charge in [-0.05, 0) is 58.5 Å². The zero-order valence-electron chi connectivity index (χ0n) is 20.9. The van der Waals surface area contributed by atoms with Gasteiger partial charge in [-0.1, -0.05) is 79.7 Å². The highest BCUT2D eigenvalue weighted by molar-refractivity contribution is 6.23. The summed E-state index contributed by atoms with van der Waals surface area (Å²) < 4.78 is 0. The number of nitrogens with one attached hydrogen (secondary N) is 1. The summed E-state index contributed by atoms with van der Waals surface area (Å²) in [5.74, 6) is -1.87.